The standard InChI is InChI=1S/C14H12ClN5O7S2/c15-9-6(18-14(16)29-9)7(19-27-3-5(21)22)10(23)17-8-11(24)20-4(13(25)26)1-2-28-12(8)20/h1,8,12H,2-3H2,(H2,16,18)(H,17,23)(H,21,22)(H,25,26)/t8?,12-/m0/s1. The van der Waals surface area contributed by atoms with E-state index in [1.807, 2.05) is 0 Å². The maximum absolute atomic E-state index is 12.7. The third-order valence-electron chi connectivity index (χ3n) is 3.74. The summed E-state index contributed by atoms with van der Waals surface area (Å²) in [6.45, 7) is -0.824. The lowest BCUT2D eigenvalue weighted by Crippen LogP contribution is -2.70. The molecular weight excluding hydrogens is 450 g/mol. The normalized spacial score (nSPS) is 21.0. The Kier molecular flexibility index (Phi) is 5.95. The van der Waals surface area contributed by atoms with E-state index in [0.717, 1.165) is 16.2 Å². The van der Waals surface area contributed by atoms with E-state index in [9.17, 15) is 24.3 Å². The highest BCUT2D eigenvalue weighted by Crippen LogP contribution is 2.37. The van der Waals surface area contributed by atoms with Crippen molar-refractivity contribution in [1.29, 1.82) is 0 Å². The molecule has 0 aromatic carbocycles. The van der Waals surface area contributed by atoms with Crippen LogP contribution in [0.15, 0.2) is 16.9 Å². The fourth-order valence-corrected chi connectivity index (χ4v) is 4.68. The lowest BCUT2D eigenvalue weighted by Gasteiger charge is -2.48. The minimum absolute atomic E-state index is 0.0139. The van der Waals surface area contributed by atoms with Crippen LogP contribution in [0.4, 0.5) is 5.13 Å². The van der Waals surface area contributed by atoms with Gasteiger partial charge in [-0.25, -0.2) is 14.6 Å². The SMILES string of the molecule is Nc1nc(C(=NOCC(=O)O)C(=O)NC2C(=O)N3C(C(=O)O)=CCS[C@@H]23)c(Cl)s1. The Labute approximate surface area is 175 Å². The zero-order valence-electron chi connectivity index (χ0n) is 14.2. The average Bonchev–Trinajstić information content (AvgIpc) is 2.99. The Bertz CT molecular complexity index is 962. The summed E-state index contributed by atoms with van der Waals surface area (Å²) < 4.78 is 0.0139. The van der Waals surface area contributed by atoms with Crippen LogP contribution in [0, 0.1) is 0 Å². The van der Waals surface area contributed by atoms with Crippen molar-refractivity contribution in [1.82, 2.24) is 15.2 Å². The number of carbonyl (C=O) groups excluding carboxylic acids is 2. The summed E-state index contributed by atoms with van der Waals surface area (Å²) >= 11 is 8.12. The molecule has 2 amide bonds. The Morgan fingerprint density at radius 1 is 1.45 bits per heavy atom. The number of fused-ring (bicyclic) bond motifs is 1. The number of amides is 2. The van der Waals surface area contributed by atoms with Crippen molar-refractivity contribution in [2.45, 2.75) is 11.4 Å². The number of halogens is 1. The van der Waals surface area contributed by atoms with Crippen molar-refractivity contribution in [3.63, 3.8) is 0 Å². The van der Waals surface area contributed by atoms with Crippen molar-refractivity contribution in [3.8, 4) is 0 Å². The molecule has 154 valence electrons. The van der Waals surface area contributed by atoms with Gasteiger partial charge < -0.3 is 26.1 Å². The fourth-order valence-electron chi connectivity index (χ4n) is 2.56. The van der Waals surface area contributed by atoms with Crippen LogP contribution in [0.25, 0.3) is 0 Å². The molecule has 12 nitrogen and oxygen atoms in total. The van der Waals surface area contributed by atoms with Gasteiger partial charge in [-0.3, -0.25) is 14.5 Å². The van der Waals surface area contributed by atoms with Gasteiger partial charge in [0.05, 0.1) is 0 Å². The monoisotopic (exact) mass is 461 g/mol. The van der Waals surface area contributed by atoms with Gasteiger partial charge >= 0.3 is 11.9 Å². The average molecular weight is 462 g/mol. The summed E-state index contributed by atoms with van der Waals surface area (Å²) in [4.78, 5) is 56.5. The summed E-state index contributed by atoms with van der Waals surface area (Å²) in [6.07, 6.45) is 1.41. The lowest BCUT2D eigenvalue weighted by molar-refractivity contribution is -0.150. The number of thioether (sulfide) groups is 1. The second-order valence-corrected chi connectivity index (χ2v) is 8.34. The van der Waals surface area contributed by atoms with Crippen LogP contribution in [-0.4, -0.2) is 73.3 Å². The Balaban J connectivity index is 1.80. The highest BCUT2D eigenvalue weighted by Gasteiger charge is 2.53. The van der Waals surface area contributed by atoms with Gasteiger partial charge in [-0.05, 0) is 6.08 Å². The molecule has 1 saturated heterocycles. The molecule has 3 heterocycles. The van der Waals surface area contributed by atoms with Gasteiger partial charge in [0.1, 0.15) is 27.1 Å². The first-order valence-electron chi connectivity index (χ1n) is 7.73. The summed E-state index contributed by atoms with van der Waals surface area (Å²) in [5, 5.41) is 23.2. The molecule has 0 radical (unpaired) electrons. The van der Waals surface area contributed by atoms with Crippen molar-refractivity contribution < 1.29 is 34.2 Å². The van der Waals surface area contributed by atoms with Gasteiger partial charge in [-0.2, -0.15) is 0 Å². The maximum Gasteiger partial charge on any atom is 0.352 e. The highest BCUT2D eigenvalue weighted by molar-refractivity contribution is 8.00. The van der Waals surface area contributed by atoms with Crippen molar-refractivity contribution >= 4 is 69.3 Å². The number of nitrogen functional groups attached to an aromatic ring is 1. The van der Waals surface area contributed by atoms with Crippen LogP contribution >= 0.6 is 34.7 Å². The molecule has 15 heteroatoms. The Hall–Kier alpha value is -2.84. The Morgan fingerprint density at radius 2 is 2.17 bits per heavy atom. The number of hydrogen-bond donors (Lipinski definition) is 4. The van der Waals surface area contributed by atoms with E-state index in [2.05, 4.69) is 20.3 Å². The number of β-lactam (4-membered cyclic amide) rings is 1. The van der Waals surface area contributed by atoms with Crippen LogP contribution in [0.5, 0.6) is 0 Å². The van der Waals surface area contributed by atoms with Crippen molar-refractivity contribution in [2.24, 2.45) is 5.16 Å². The molecule has 0 aliphatic carbocycles. The number of nitrogens with zero attached hydrogens (tertiary/aromatic N) is 3. The molecule has 1 fully saturated rings. The summed E-state index contributed by atoms with van der Waals surface area (Å²) in [6, 6.07) is -1.02. The first-order valence-corrected chi connectivity index (χ1v) is 9.98. The van der Waals surface area contributed by atoms with Gasteiger partial charge in [-0.1, -0.05) is 28.1 Å². The molecule has 3 rings (SSSR count). The topological polar surface area (TPSA) is 185 Å². The number of anilines is 1. The smallest absolute Gasteiger partial charge is 0.352 e. The van der Waals surface area contributed by atoms with E-state index in [4.69, 9.17) is 22.4 Å². The molecular formula is C14H12ClN5O7S2. The quantitative estimate of drug-likeness (QED) is 0.235. The number of carboxylic acid groups (broad SMARTS) is 2. The molecule has 1 aromatic heterocycles. The van der Waals surface area contributed by atoms with Gasteiger partial charge in [0.15, 0.2) is 10.8 Å². The molecule has 0 saturated carbocycles. The number of hydrogen-bond acceptors (Lipinski definition) is 10. The first kappa shape index (κ1) is 20.9. The third-order valence-corrected chi connectivity index (χ3v) is 6.00. The Morgan fingerprint density at radius 3 is 2.76 bits per heavy atom. The zero-order valence-corrected chi connectivity index (χ0v) is 16.6. The minimum atomic E-state index is -1.33. The van der Waals surface area contributed by atoms with Crippen LogP contribution in [0.3, 0.4) is 0 Å². The van der Waals surface area contributed by atoms with Crippen LogP contribution in [0.2, 0.25) is 4.34 Å². The van der Waals surface area contributed by atoms with Gasteiger partial charge in [0, 0.05) is 5.75 Å². The molecule has 2 aliphatic heterocycles. The van der Waals surface area contributed by atoms with E-state index in [1.165, 1.54) is 17.8 Å². The molecule has 0 bridgehead atoms. The molecule has 5 N–H and O–H groups in total. The number of thiazole rings is 1. The second-order valence-electron chi connectivity index (χ2n) is 5.56. The number of carbonyl (C=O) groups is 4. The molecule has 2 atom stereocenters. The van der Waals surface area contributed by atoms with Crippen molar-refractivity contribution in [2.75, 3.05) is 18.1 Å². The minimum Gasteiger partial charge on any atom is -0.479 e. The van der Waals surface area contributed by atoms with Crippen LogP contribution < -0.4 is 11.1 Å². The number of oxime groups is 1. The first-order chi connectivity index (χ1) is 13.7. The summed E-state index contributed by atoms with van der Waals surface area (Å²) in [5.41, 5.74) is 4.80. The highest BCUT2D eigenvalue weighted by atomic mass is 35.5. The van der Waals surface area contributed by atoms with Crippen molar-refractivity contribution in [3.05, 3.63) is 21.8 Å². The molecule has 0 spiro atoms. The van der Waals surface area contributed by atoms with E-state index >= 15 is 0 Å². The lowest BCUT2D eigenvalue weighted by atomic mass is 10.0. The number of nitrogens with one attached hydrogen (secondary N) is 1. The van der Waals surface area contributed by atoms with E-state index < -0.39 is 47.5 Å². The van der Waals surface area contributed by atoms with E-state index in [-0.39, 0.29) is 20.9 Å². The number of rotatable bonds is 7. The van der Waals surface area contributed by atoms with E-state index in [1.54, 1.807) is 0 Å². The predicted octanol–water partition coefficient (Wildman–Crippen LogP) is -0.448. The number of aliphatic carboxylic acids is 2. The van der Waals surface area contributed by atoms with Crippen LogP contribution in [-0.2, 0) is 24.0 Å². The fraction of sp³-hybridized carbons (Fsp3) is 0.286. The number of carboxylic acids is 2. The molecule has 2 aliphatic rings. The molecule has 1 aromatic rings. The third kappa shape index (κ3) is 4.13. The largest absolute Gasteiger partial charge is 0.479 e. The molecule has 1 unspecified atom stereocenters. The predicted molar refractivity (Wildman–Crippen MR) is 102 cm³/mol. The van der Waals surface area contributed by atoms with Crippen LogP contribution in [0.1, 0.15) is 5.69 Å². The van der Waals surface area contributed by atoms with Gasteiger partial charge in [-0.15, -0.1) is 11.8 Å². The summed E-state index contributed by atoms with van der Waals surface area (Å²) in [5.74, 6) is -3.75. The molecule has 29 heavy (non-hydrogen) atoms. The van der Waals surface area contributed by atoms with Gasteiger partial charge in [0.25, 0.3) is 11.8 Å². The second kappa shape index (κ2) is 8.26. The van der Waals surface area contributed by atoms with E-state index in [0.29, 0.717) is 5.75 Å². The number of aromatic nitrogens is 1. The summed E-state index contributed by atoms with van der Waals surface area (Å²) in [7, 11) is 0. The van der Waals surface area contributed by atoms with Gasteiger partial charge in [0.2, 0.25) is 6.61 Å². The number of nitrogens with two attached hydrogens (primary N) is 1. The maximum atomic E-state index is 12.7. The zero-order chi connectivity index (χ0) is 21.3.